The Morgan fingerprint density at radius 3 is 2.67 bits per heavy atom. The summed E-state index contributed by atoms with van der Waals surface area (Å²) in [6, 6.07) is 12.0. The van der Waals surface area contributed by atoms with Crippen LogP contribution in [0.25, 0.3) is 0 Å². The van der Waals surface area contributed by atoms with E-state index in [-0.39, 0.29) is 0 Å². The molecule has 21 heavy (non-hydrogen) atoms. The van der Waals surface area contributed by atoms with Gasteiger partial charge >= 0.3 is 0 Å². The van der Waals surface area contributed by atoms with E-state index >= 15 is 0 Å². The van der Waals surface area contributed by atoms with Crippen molar-refractivity contribution in [3.8, 4) is 5.75 Å². The van der Waals surface area contributed by atoms with Gasteiger partial charge in [0.1, 0.15) is 17.4 Å². The standard InChI is InChI=1S/C16H16Cl2N2O/c17-14-5-2-6-15(16(14)18)21-10-13-4-1-3-12(20-13)9-19-11-7-8-11/h1-6,11,19H,7-10H2. The first-order valence-corrected chi connectivity index (χ1v) is 7.73. The van der Waals surface area contributed by atoms with Gasteiger partial charge in [-0.15, -0.1) is 0 Å². The molecule has 1 saturated carbocycles. The van der Waals surface area contributed by atoms with Gasteiger partial charge in [-0.2, -0.15) is 0 Å². The summed E-state index contributed by atoms with van der Waals surface area (Å²) in [4.78, 5) is 4.58. The van der Waals surface area contributed by atoms with Crippen molar-refractivity contribution in [2.75, 3.05) is 0 Å². The van der Waals surface area contributed by atoms with E-state index in [4.69, 9.17) is 27.9 Å². The lowest BCUT2D eigenvalue weighted by molar-refractivity contribution is 0.301. The molecular weight excluding hydrogens is 307 g/mol. The molecule has 1 heterocycles. The lowest BCUT2D eigenvalue weighted by atomic mass is 10.3. The molecule has 1 N–H and O–H groups in total. The summed E-state index contributed by atoms with van der Waals surface area (Å²) in [5, 5.41) is 4.37. The van der Waals surface area contributed by atoms with Gasteiger partial charge in [0, 0.05) is 12.6 Å². The molecule has 0 radical (unpaired) electrons. The van der Waals surface area contributed by atoms with Crippen LogP contribution in [0, 0.1) is 0 Å². The van der Waals surface area contributed by atoms with Crippen LogP contribution >= 0.6 is 23.2 Å². The first-order chi connectivity index (χ1) is 10.2. The Labute approximate surface area is 134 Å². The van der Waals surface area contributed by atoms with Crippen molar-refractivity contribution < 1.29 is 4.74 Å². The SMILES string of the molecule is Clc1cccc(OCc2cccc(CNC3CC3)n2)c1Cl. The number of hydrogen-bond acceptors (Lipinski definition) is 3. The van der Waals surface area contributed by atoms with Crippen molar-refractivity contribution in [3.63, 3.8) is 0 Å². The van der Waals surface area contributed by atoms with Crippen molar-refractivity contribution in [2.45, 2.75) is 32.0 Å². The van der Waals surface area contributed by atoms with Gasteiger partial charge in [0.05, 0.1) is 16.4 Å². The second-order valence-corrected chi connectivity index (χ2v) is 5.90. The van der Waals surface area contributed by atoms with Crippen LogP contribution in [0.1, 0.15) is 24.2 Å². The maximum atomic E-state index is 6.09. The monoisotopic (exact) mass is 322 g/mol. The summed E-state index contributed by atoms with van der Waals surface area (Å²) >= 11 is 12.1. The zero-order valence-electron chi connectivity index (χ0n) is 11.5. The first kappa shape index (κ1) is 14.6. The molecular formula is C16H16Cl2N2O. The number of pyridine rings is 1. The zero-order valence-corrected chi connectivity index (χ0v) is 13.0. The summed E-state index contributed by atoms with van der Waals surface area (Å²) in [5.41, 5.74) is 1.90. The van der Waals surface area contributed by atoms with E-state index in [9.17, 15) is 0 Å². The molecule has 5 heteroatoms. The van der Waals surface area contributed by atoms with Crippen LogP contribution < -0.4 is 10.1 Å². The third-order valence-corrected chi connectivity index (χ3v) is 4.11. The molecule has 1 fully saturated rings. The predicted octanol–water partition coefficient (Wildman–Crippen LogP) is 4.22. The van der Waals surface area contributed by atoms with Crippen molar-refractivity contribution in [1.29, 1.82) is 0 Å². The fraction of sp³-hybridized carbons (Fsp3) is 0.312. The molecule has 1 aliphatic rings. The Morgan fingerprint density at radius 1 is 1.10 bits per heavy atom. The van der Waals surface area contributed by atoms with E-state index in [1.165, 1.54) is 12.8 Å². The molecule has 0 unspecified atom stereocenters. The number of rotatable bonds is 6. The summed E-state index contributed by atoms with van der Waals surface area (Å²) in [6.45, 7) is 1.17. The topological polar surface area (TPSA) is 34.1 Å². The highest BCUT2D eigenvalue weighted by molar-refractivity contribution is 6.42. The van der Waals surface area contributed by atoms with E-state index in [0.717, 1.165) is 17.9 Å². The van der Waals surface area contributed by atoms with Crippen LogP contribution in [0.2, 0.25) is 10.0 Å². The molecule has 3 nitrogen and oxygen atoms in total. The van der Waals surface area contributed by atoms with Gasteiger partial charge < -0.3 is 10.1 Å². The molecule has 0 saturated heterocycles. The van der Waals surface area contributed by atoms with Gasteiger partial charge in [-0.1, -0.05) is 35.3 Å². The van der Waals surface area contributed by atoms with Crippen LogP contribution in [0.5, 0.6) is 5.75 Å². The van der Waals surface area contributed by atoms with Crippen LogP contribution in [0.3, 0.4) is 0 Å². The Balaban J connectivity index is 1.61. The smallest absolute Gasteiger partial charge is 0.140 e. The number of nitrogens with one attached hydrogen (secondary N) is 1. The van der Waals surface area contributed by atoms with Crippen LogP contribution in [-0.4, -0.2) is 11.0 Å². The highest BCUT2D eigenvalue weighted by Gasteiger charge is 2.20. The molecule has 1 aromatic heterocycles. The van der Waals surface area contributed by atoms with Gasteiger partial charge in [-0.3, -0.25) is 4.98 Å². The molecule has 1 aliphatic carbocycles. The second-order valence-electron chi connectivity index (χ2n) is 5.12. The number of benzene rings is 1. The highest BCUT2D eigenvalue weighted by Crippen LogP contribution is 2.31. The number of nitrogens with zero attached hydrogens (tertiary/aromatic N) is 1. The minimum Gasteiger partial charge on any atom is -0.486 e. The summed E-state index contributed by atoms with van der Waals surface area (Å²) in [7, 11) is 0. The number of aromatic nitrogens is 1. The zero-order chi connectivity index (χ0) is 14.7. The fourth-order valence-corrected chi connectivity index (χ4v) is 2.34. The first-order valence-electron chi connectivity index (χ1n) is 6.97. The number of halogens is 2. The predicted molar refractivity (Wildman–Crippen MR) is 84.9 cm³/mol. The molecule has 110 valence electrons. The average molecular weight is 323 g/mol. The van der Waals surface area contributed by atoms with Gasteiger partial charge in [0.25, 0.3) is 0 Å². The molecule has 0 bridgehead atoms. The Bertz CT molecular complexity index is 629. The Morgan fingerprint density at radius 2 is 1.86 bits per heavy atom. The molecule has 0 aliphatic heterocycles. The third kappa shape index (κ3) is 4.10. The van der Waals surface area contributed by atoms with E-state index < -0.39 is 0 Å². The Hall–Kier alpha value is -1.29. The Kier molecular flexibility index (Phi) is 4.63. The molecule has 1 aromatic carbocycles. The van der Waals surface area contributed by atoms with Crippen LogP contribution in [-0.2, 0) is 13.2 Å². The quantitative estimate of drug-likeness (QED) is 0.864. The lowest BCUT2D eigenvalue weighted by Gasteiger charge is -2.09. The molecule has 0 amide bonds. The summed E-state index contributed by atoms with van der Waals surface area (Å²) < 4.78 is 5.70. The van der Waals surface area contributed by atoms with E-state index in [1.807, 2.05) is 24.3 Å². The maximum Gasteiger partial charge on any atom is 0.140 e. The van der Waals surface area contributed by atoms with Gasteiger partial charge in [-0.25, -0.2) is 0 Å². The minimum absolute atomic E-state index is 0.372. The average Bonchev–Trinajstić information content (AvgIpc) is 3.31. The number of hydrogen-bond donors (Lipinski definition) is 1. The third-order valence-electron chi connectivity index (χ3n) is 3.31. The minimum atomic E-state index is 0.372. The van der Waals surface area contributed by atoms with E-state index in [1.54, 1.807) is 12.1 Å². The van der Waals surface area contributed by atoms with Gasteiger partial charge in [0.15, 0.2) is 0 Å². The van der Waals surface area contributed by atoms with Crippen molar-refractivity contribution in [3.05, 3.63) is 57.8 Å². The molecule has 0 atom stereocenters. The number of ether oxygens (including phenoxy) is 1. The van der Waals surface area contributed by atoms with Crippen LogP contribution in [0.15, 0.2) is 36.4 Å². The largest absolute Gasteiger partial charge is 0.486 e. The summed E-state index contributed by atoms with van der Waals surface area (Å²) in [6.07, 6.45) is 2.55. The van der Waals surface area contributed by atoms with Crippen molar-refractivity contribution in [1.82, 2.24) is 10.3 Å². The van der Waals surface area contributed by atoms with Gasteiger partial charge in [-0.05, 0) is 37.1 Å². The second kappa shape index (κ2) is 6.65. The molecule has 3 rings (SSSR count). The van der Waals surface area contributed by atoms with Crippen molar-refractivity contribution >= 4 is 23.2 Å². The van der Waals surface area contributed by atoms with Crippen LogP contribution in [0.4, 0.5) is 0 Å². The fourth-order valence-electron chi connectivity index (χ4n) is 1.99. The molecule has 2 aromatic rings. The lowest BCUT2D eigenvalue weighted by Crippen LogP contribution is -2.16. The van der Waals surface area contributed by atoms with Gasteiger partial charge in [0.2, 0.25) is 0 Å². The van der Waals surface area contributed by atoms with E-state index in [0.29, 0.717) is 28.4 Å². The molecule has 0 spiro atoms. The normalized spacial score (nSPS) is 14.2. The van der Waals surface area contributed by atoms with E-state index in [2.05, 4.69) is 10.3 Å². The highest BCUT2D eigenvalue weighted by atomic mass is 35.5. The maximum absolute atomic E-state index is 6.09. The van der Waals surface area contributed by atoms with Crippen molar-refractivity contribution in [2.24, 2.45) is 0 Å². The summed E-state index contributed by atoms with van der Waals surface area (Å²) in [5.74, 6) is 0.576.